The van der Waals surface area contributed by atoms with Crippen molar-refractivity contribution in [2.24, 2.45) is 0 Å². The van der Waals surface area contributed by atoms with Crippen LogP contribution in [0.25, 0.3) is 0 Å². The molecule has 1 aliphatic heterocycles. The van der Waals surface area contributed by atoms with Crippen LogP contribution in [0.15, 0.2) is 42.5 Å². The van der Waals surface area contributed by atoms with Gasteiger partial charge in [0.1, 0.15) is 5.75 Å². The lowest BCUT2D eigenvalue weighted by Crippen LogP contribution is -2.30. The first-order valence-electron chi connectivity index (χ1n) is 9.49. The first-order chi connectivity index (χ1) is 12.7. The number of para-hydroxylation sites is 2. The number of nitrogen functional groups attached to an aromatic ring is 2. The van der Waals surface area contributed by atoms with Crippen molar-refractivity contribution in [2.75, 3.05) is 37.7 Å². The fourth-order valence-electron chi connectivity index (χ4n) is 3.20. The van der Waals surface area contributed by atoms with E-state index in [0.717, 1.165) is 18.6 Å². The van der Waals surface area contributed by atoms with Gasteiger partial charge in [0, 0.05) is 6.07 Å². The van der Waals surface area contributed by atoms with Crippen LogP contribution in [0.2, 0.25) is 0 Å². The molecule has 0 amide bonds. The zero-order valence-corrected chi connectivity index (χ0v) is 15.3. The first-order valence-corrected chi connectivity index (χ1v) is 9.49. The van der Waals surface area contributed by atoms with E-state index in [4.69, 9.17) is 20.9 Å². The SMILES string of the molecule is Nc1ccc(Oc2ccccc2OCCCCN2CCCCC2)cc1N. The Morgan fingerprint density at radius 2 is 1.62 bits per heavy atom. The summed E-state index contributed by atoms with van der Waals surface area (Å²) in [4.78, 5) is 2.56. The van der Waals surface area contributed by atoms with Crippen LogP contribution in [-0.4, -0.2) is 31.1 Å². The van der Waals surface area contributed by atoms with Crippen molar-refractivity contribution in [3.8, 4) is 17.2 Å². The summed E-state index contributed by atoms with van der Waals surface area (Å²) in [6.45, 7) is 4.37. The Balaban J connectivity index is 1.48. The minimum atomic E-state index is 0.513. The van der Waals surface area contributed by atoms with Crippen LogP contribution in [0.4, 0.5) is 11.4 Å². The Bertz CT molecular complexity index is 699. The van der Waals surface area contributed by atoms with Crippen molar-refractivity contribution in [1.29, 1.82) is 0 Å². The Hall–Kier alpha value is -2.40. The highest BCUT2D eigenvalue weighted by Gasteiger charge is 2.10. The molecule has 1 saturated heterocycles. The Morgan fingerprint density at radius 1 is 0.846 bits per heavy atom. The first kappa shape index (κ1) is 18.4. The molecule has 5 heteroatoms. The van der Waals surface area contributed by atoms with Crippen molar-refractivity contribution < 1.29 is 9.47 Å². The highest BCUT2D eigenvalue weighted by atomic mass is 16.5. The van der Waals surface area contributed by atoms with E-state index in [2.05, 4.69) is 4.90 Å². The number of hydrogen-bond donors (Lipinski definition) is 2. The summed E-state index contributed by atoms with van der Waals surface area (Å²) in [5.74, 6) is 2.09. The zero-order valence-electron chi connectivity index (χ0n) is 15.3. The van der Waals surface area contributed by atoms with Gasteiger partial charge in [0.15, 0.2) is 11.5 Å². The molecule has 1 aliphatic rings. The number of unbranched alkanes of at least 4 members (excludes halogenated alkanes) is 1. The molecule has 1 fully saturated rings. The van der Waals surface area contributed by atoms with Crippen LogP contribution >= 0.6 is 0 Å². The summed E-state index contributed by atoms with van der Waals surface area (Å²) in [6.07, 6.45) is 6.28. The van der Waals surface area contributed by atoms with E-state index < -0.39 is 0 Å². The number of nitrogens with zero attached hydrogens (tertiary/aromatic N) is 1. The second-order valence-electron chi connectivity index (χ2n) is 6.80. The molecule has 0 unspecified atom stereocenters. The molecule has 140 valence electrons. The molecule has 4 N–H and O–H groups in total. The standard InChI is InChI=1S/C21H29N3O2/c22-18-11-10-17(16-19(18)23)26-21-9-3-2-8-20(21)25-15-7-6-14-24-12-4-1-5-13-24/h2-3,8-11,16H,1,4-7,12-15,22-23H2. The van der Waals surface area contributed by atoms with E-state index in [0.29, 0.717) is 29.5 Å². The zero-order chi connectivity index (χ0) is 18.2. The third-order valence-electron chi connectivity index (χ3n) is 4.71. The number of nitrogens with two attached hydrogens (primary N) is 2. The van der Waals surface area contributed by atoms with E-state index in [-0.39, 0.29) is 0 Å². The minimum Gasteiger partial charge on any atom is -0.490 e. The summed E-state index contributed by atoms with van der Waals surface area (Å²) in [5, 5.41) is 0. The molecule has 0 aromatic heterocycles. The van der Waals surface area contributed by atoms with E-state index in [1.54, 1.807) is 18.2 Å². The van der Waals surface area contributed by atoms with Crippen LogP contribution in [0.5, 0.6) is 17.2 Å². The van der Waals surface area contributed by atoms with Gasteiger partial charge < -0.3 is 25.8 Å². The quantitative estimate of drug-likeness (QED) is 0.546. The second kappa shape index (κ2) is 9.34. The smallest absolute Gasteiger partial charge is 0.169 e. The molecule has 5 nitrogen and oxygen atoms in total. The average molecular weight is 355 g/mol. The molecule has 0 radical (unpaired) electrons. The molecule has 0 atom stereocenters. The van der Waals surface area contributed by atoms with Crippen molar-refractivity contribution in [1.82, 2.24) is 4.90 Å². The predicted molar refractivity (Wildman–Crippen MR) is 107 cm³/mol. The van der Waals surface area contributed by atoms with Gasteiger partial charge in [-0.25, -0.2) is 0 Å². The van der Waals surface area contributed by atoms with E-state index in [9.17, 15) is 0 Å². The topological polar surface area (TPSA) is 73.7 Å². The molecular weight excluding hydrogens is 326 g/mol. The molecule has 3 rings (SSSR count). The summed E-state index contributed by atoms with van der Waals surface area (Å²) >= 11 is 0. The predicted octanol–water partition coefficient (Wildman–Crippen LogP) is 4.29. The maximum atomic E-state index is 5.95. The van der Waals surface area contributed by atoms with Gasteiger partial charge in [0.05, 0.1) is 18.0 Å². The Kier molecular flexibility index (Phi) is 6.61. The normalized spacial score (nSPS) is 14.9. The number of anilines is 2. The maximum absolute atomic E-state index is 5.95. The fourth-order valence-corrected chi connectivity index (χ4v) is 3.20. The minimum absolute atomic E-state index is 0.513. The number of likely N-dealkylation sites (tertiary alicyclic amines) is 1. The van der Waals surface area contributed by atoms with Crippen LogP contribution < -0.4 is 20.9 Å². The molecule has 0 spiro atoms. The highest BCUT2D eigenvalue weighted by molar-refractivity contribution is 5.65. The number of rotatable bonds is 8. The lowest BCUT2D eigenvalue weighted by Gasteiger charge is -2.26. The number of piperidine rings is 1. The summed E-state index contributed by atoms with van der Waals surface area (Å²) in [6, 6.07) is 13.0. The van der Waals surface area contributed by atoms with Gasteiger partial charge >= 0.3 is 0 Å². The molecular formula is C21H29N3O2. The van der Waals surface area contributed by atoms with Gasteiger partial charge in [-0.1, -0.05) is 18.6 Å². The largest absolute Gasteiger partial charge is 0.490 e. The summed E-state index contributed by atoms with van der Waals surface area (Å²) < 4.78 is 11.9. The Morgan fingerprint density at radius 3 is 2.38 bits per heavy atom. The lowest BCUT2D eigenvalue weighted by molar-refractivity contribution is 0.215. The third kappa shape index (κ3) is 5.30. The van der Waals surface area contributed by atoms with Gasteiger partial charge in [-0.3, -0.25) is 0 Å². The average Bonchev–Trinajstić information content (AvgIpc) is 2.66. The van der Waals surface area contributed by atoms with E-state index in [1.807, 2.05) is 24.3 Å². The van der Waals surface area contributed by atoms with Crippen LogP contribution in [-0.2, 0) is 0 Å². The third-order valence-corrected chi connectivity index (χ3v) is 4.71. The molecule has 26 heavy (non-hydrogen) atoms. The molecule has 0 saturated carbocycles. The van der Waals surface area contributed by atoms with Gasteiger partial charge in [-0.2, -0.15) is 0 Å². The number of ether oxygens (including phenoxy) is 2. The number of hydrogen-bond acceptors (Lipinski definition) is 5. The van der Waals surface area contributed by atoms with Crippen LogP contribution in [0, 0.1) is 0 Å². The van der Waals surface area contributed by atoms with Gasteiger partial charge in [-0.05, 0) is 69.6 Å². The monoisotopic (exact) mass is 355 g/mol. The van der Waals surface area contributed by atoms with Crippen LogP contribution in [0.1, 0.15) is 32.1 Å². The van der Waals surface area contributed by atoms with Crippen molar-refractivity contribution in [3.63, 3.8) is 0 Å². The van der Waals surface area contributed by atoms with Gasteiger partial charge in [-0.15, -0.1) is 0 Å². The van der Waals surface area contributed by atoms with Crippen molar-refractivity contribution >= 4 is 11.4 Å². The van der Waals surface area contributed by atoms with Crippen molar-refractivity contribution in [2.45, 2.75) is 32.1 Å². The molecule has 0 bridgehead atoms. The molecule has 2 aromatic carbocycles. The fraction of sp³-hybridized carbons (Fsp3) is 0.429. The maximum Gasteiger partial charge on any atom is 0.169 e. The van der Waals surface area contributed by atoms with Crippen LogP contribution in [0.3, 0.4) is 0 Å². The van der Waals surface area contributed by atoms with E-state index >= 15 is 0 Å². The van der Waals surface area contributed by atoms with Gasteiger partial charge in [0.2, 0.25) is 0 Å². The number of benzene rings is 2. The Labute approximate surface area is 155 Å². The van der Waals surface area contributed by atoms with Crippen molar-refractivity contribution in [3.05, 3.63) is 42.5 Å². The molecule has 1 heterocycles. The molecule has 0 aliphatic carbocycles. The van der Waals surface area contributed by atoms with E-state index in [1.165, 1.54) is 38.9 Å². The molecule has 2 aromatic rings. The summed E-state index contributed by atoms with van der Waals surface area (Å²) in [5.41, 5.74) is 12.7. The lowest BCUT2D eigenvalue weighted by atomic mass is 10.1. The highest BCUT2D eigenvalue weighted by Crippen LogP contribution is 2.33. The second-order valence-corrected chi connectivity index (χ2v) is 6.80. The van der Waals surface area contributed by atoms with Gasteiger partial charge in [0.25, 0.3) is 0 Å². The summed E-state index contributed by atoms with van der Waals surface area (Å²) in [7, 11) is 0.